The molecule has 0 saturated heterocycles. The number of carbonyl (C=O) groups excluding carboxylic acids is 4. The van der Waals surface area contributed by atoms with Gasteiger partial charge in [0.05, 0.1) is 12.6 Å². The van der Waals surface area contributed by atoms with E-state index < -0.39 is 29.7 Å². The second kappa shape index (κ2) is 6.77. The molecule has 4 amide bonds. The van der Waals surface area contributed by atoms with Crippen molar-refractivity contribution in [2.45, 2.75) is 26.8 Å². The van der Waals surface area contributed by atoms with Crippen LogP contribution in [0.25, 0.3) is 10.8 Å². The normalized spacial score (nSPS) is 17.0. The first-order chi connectivity index (χ1) is 13.7. The molecule has 2 aliphatic heterocycles. The zero-order valence-electron chi connectivity index (χ0n) is 16.8. The van der Waals surface area contributed by atoms with Crippen LogP contribution in [0, 0.1) is 5.92 Å². The van der Waals surface area contributed by atoms with Gasteiger partial charge < -0.3 is 4.74 Å². The minimum atomic E-state index is -0.446. The Morgan fingerprint density at radius 2 is 1.14 bits per heavy atom. The smallest absolute Gasteiger partial charge is 0.261 e. The van der Waals surface area contributed by atoms with Gasteiger partial charge in [0.15, 0.2) is 0 Å². The van der Waals surface area contributed by atoms with Crippen LogP contribution in [0.15, 0.2) is 24.3 Å². The van der Waals surface area contributed by atoms with E-state index in [1.165, 1.54) is 11.9 Å². The summed E-state index contributed by atoms with van der Waals surface area (Å²) < 4.78 is 5.63. The summed E-state index contributed by atoms with van der Waals surface area (Å²) in [6.07, 6.45) is 0. The van der Waals surface area contributed by atoms with Crippen molar-refractivity contribution in [1.29, 1.82) is 0 Å². The maximum Gasteiger partial charge on any atom is 0.261 e. The van der Waals surface area contributed by atoms with E-state index in [1.54, 1.807) is 31.2 Å². The Bertz CT molecular complexity index is 1020. The Hall–Kier alpha value is -3.06. The van der Waals surface area contributed by atoms with Gasteiger partial charge in [0.25, 0.3) is 23.6 Å². The van der Waals surface area contributed by atoms with E-state index in [1.807, 2.05) is 13.8 Å². The van der Waals surface area contributed by atoms with E-state index in [4.69, 9.17) is 4.74 Å². The summed E-state index contributed by atoms with van der Waals surface area (Å²) in [7, 11) is 1.42. The predicted molar refractivity (Wildman–Crippen MR) is 106 cm³/mol. The number of benzene rings is 2. The molecule has 0 saturated carbocycles. The fourth-order valence-electron chi connectivity index (χ4n) is 3.96. The van der Waals surface area contributed by atoms with Crippen LogP contribution in [-0.4, -0.2) is 59.7 Å². The molecule has 7 nitrogen and oxygen atoms in total. The van der Waals surface area contributed by atoms with Crippen molar-refractivity contribution in [3.63, 3.8) is 0 Å². The van der Waals surface area contributed by atoms with Crippen molar-refractivity contribution in [2.24, 2.45) is 5.92 Å². The highest BCUT2D eigenvalue weighted by Gasteiger charge is 2.40. The Morgan fingerprint density at radius 3 is 1.55 bits per heavy atom. The first-order valence-electron chi connectivity index (χ1n) is 9.61. The highest BCUT2D eigenvalue weighted by atomic mass is 16.5. The number of amides is 4. The molecule has 2 aromatic carbocycles. The third-order valence-corrected chi connectivity index (χ3v) is 5.38. The lowest BCUT2D eigenvalue weighted by Crippen LogP contribution is -2.48. The summed E-state index contributed by atoms with van der Waals surface area (Å²) in [4.78, 5) is 53.7. The number of rotatable bonds is 5. The molecule has 7 heteroatoms. The highest BCUT2D eigenvalue weighted by Crippen LogP contribution is 2.37. The third-order valence-electron chi connectivity index (χ3n) is 5.38. The molecule has 2 aliphatic rings. The fourth-order valence-corrected chi connectivity index (χ4v) is 3.96. The van der Waals surface area contributed by atoms with E-state index in [-0.39, 0.29) is 6.61 Å². The molecule has 0 N–H and O–H groups in total. The summed E-state index contributed by atoms with van der Waals surface area (Å²) in [6, 6.07) is 5.80. The standard InChI is InChI=1S/C22H22N2O5/c1-11(2)9-29-10-12(3)24-21(27)15-7-5-13-17-14(20(26)23(4)19(13)25)6-8-16(18(15)17)22(24)28/h5-8,11-12H,9-10H2,1-4H3. The van der Waals surface area contributed by atoms with Crippen LogP contribution < -0.4 is 0 Å². The molecule has 2 heterocycles. The molecule has 0 fully saturated rings. The molecule has 0 aliphatic carbocycles. The molecule has 150 valence electrons. The lowest BCUT2D eigenvalue weighted by atomic mass is 9.86. The zero-order chi connectivity index (χ0) is 21.0. The van der Waals surface area contributed by atoms with Gasteiger partial charge in [-0.2, -0.15) is 0 Å². The molecule has 2 aromatic rings. The summed E-state index contributed by atoms with van der Waals surface area (Å²) in [5.74, 6) is -1.41. The zero-order valence-corrected chi connectivity index (χ0v) is 16.8. The lowest BCUT2D eigenvalue weighted by Gasteiger charge is -2.33. The first-order valence-corrected chi connectivity index (χ1v) is 9.61. The fraction of sp³-hybridized carbons (Fsp3) is 0.364. The van der Waals surface area contributed by atoms with Crippen LogP contribution in [0.4, 0.5) is 0 Å². The van der Waals surface area contributed by atoms with E-state index in [2.05, 4.69) is 0 Å². The van der Waals surface area contributed by atoms with Crippen LogP contribution in [0.3, 0.4) is 0 Å². The number of imide groups is 2. The van der Waals surface area contributed by atoms with Gasteiger partial charge in [0.2, 0.25) is 0 Å². The van der Waals surface area contributed by atoms with Crippen LogP contribution in [-0.2, 0) is 4.74 Å². The SMILES string of the molecule is CC(C)COCC(C)N1C(=O)c2ccc3c4c(ccc(c24)C1=O)C(=O)N(C)C3=O. The number of nitrogens with zero attached hydrogens (tertiary/aromatic N) is 2. The maximum atomic E-state index is 13.2. The molecule has 1 unspecified atom stereocenters. The number of hydrogen-bond acceptors (Lipinski definition) is 5. The topological polar surface area (TPSA) is 84.0 Å². The van der Waals surface area contributed by atoms with Crippen molar-refractivity contribution in [3.8, 4) is 0 Å². The van der Waals surface area contributed by atoms with Crippen molar-refractivity contribution in [2.75, 3.05) is 20.3 Å². The molecular formula is C22H22N2O5. The Morgan fingerprint density at radius 1 is 0.724 bits per heavy atom. The van der Waals surface area contributed by atoms with E-state index in [0.29, 0.717) is 45.6 Å². The molecule has 0 radical (unpaired) electrons. The molecule has 4 rings (SSSR count). The minimum absolute atomic E-state index is 0.242. The monoisotopic (exact) mass is 394 g/mol. The third kappa shape index (κ3) is 2.76. The van der Waals surface area contributed by atoms with E-state index >= 15 is 0 Å². The quantitative estimate of drug-likeness (QED) is 0.728. The van der Waals surface area contributed by atoms with Gasteiger partial charge in [0, 0.05) is 46.7 Å². The van der Waals surface area contributed by atoms with Gasteiger partial charge in [0.1, 0.15) is 0 Å². The molecular weight excluding hydrogens is 372 g/mol. The highest BCUT2D eigenvalue weighted by molar-refractivity contribution is 6.33. The van der Waals surface area contributed by atoms with Gasteiger partial charge in [-0.1, -0.05) is 13.8 Å². The van der Waals surface area contributed by atoms with Crippen LogP contribution in [0.1, 0.15) is 62.2 Å². The Kier molecular flexibility index (Phi) is 4.50. The molecule has 0 bridgehead atoms. The molecule has 0 spiro atoms. The van der Waals surface area contributed by atoms with Gasteiger partial charge in [-0.3, -0.25) is 29.0 Å². The second-order valence-electron chi connectivity index (χ2n) is 8.00. The summed E-state index contributed by atoms with van der Waals surface area (Å²) >= 11 is 0. The summed E-state index contributed by atoms with van der Waals surface area (Å²) in [6.45, 7) is 6.60. The minimum Gasteiger partial charge on any atom is -0.379 e. The van der Waals surface area contributed by atoms with Crippen molar-refractivity contribution in [1.82, 2.24) is 9.80 Å². The summed E-state index contributed by atoms with van der Waals surface area (Å²) in [5.41, 5.74) is 1.29. The lowest BCUT2D eigenvalue weighted by molar-refractivity contribution is 0.0347. The van der Waals surface area contributed by atoms with Gasteiger partial charge in [-0.05, 0) is 37.1 Å². The van der Waals surface area contributed by atoms with E-state index in [9.17, 15) is 19.2 Å². The number of ether oxygens (including phenoxy) is 1. The van der Waals surface area contributed by atoms with Crippen molar-refractivity contribution in [3.05, 3.63) is 46.5 Å². The number of hydrogen-bond donors (Lipinski definition) is 0. The Balaban J connectivity index is 1.82. The van der Waals surface area contributed by atoms with Crippen molar-refractivity contribution >= 4 is 34.4 Å². The van der Waals surface area contributed by atoms with Crippen LogP contribution in [0.5, 0.6) is 0 Å². The van der Waals surface area contributed by atoms with Gasteiger partial charge in [-0.25, -0.2) is 0 Å². The van der Waals surface area contributed by atoms with E-state index in [0.717, 1.165) is 4.90 Å². The molecule has 1 atom stereocenters. The average molecular weight is 394 g/mol. The van der Waals surface area contributed by atoms with Crippen molar-refractivity contribution < 1.29 is 23.9 Å². The van der Waals surface area contributed by atoms with Crippen LogP contribution in [0.2, 0.25) is 0 Å². The molecule has 0 aromatic heterocycles. The average Bonchev–Trinajstić information content (AvgIpc) is 2.68. The first kappa shape index (κ1) is 19.3. The van der Waals surface area contributed by atoms with Gasteiger partial charge in [-0.15, -0.1) is 0 Å². The molecule has 29 heavy (non-hydrogen) atoms. The predicted octanol–water partition coefficient (Wildman–Crippen LogP) is 2.72. The van der Waals surface area contributed by atoms with Crippen LogP contribution >= 0.6 is 0 Å². The second-order valence-corrected chi connectivity index (χ2v) is 8.00. The largest absolute Gasteiger partial charge is 0.379 e. The Labute approximate surface area is 168 Å². The summed E-state index contributed by atoms with van der Waals surface area (Å²) in [5, 5.41) is 0.773. The maximum absolute atomic E-state index is 13.2. The van der Waals surface area contributed by atoms with Gasteiger partial charge >= 0.3 is 0 Å². The number of carbonyl (C=O) groups is 4.